The maximum Gasteiger partial charge on any atom is 0.246 e. The van der Waals surface area contributed by atoms with Crippen LogP contribution in [0, 0.1) is 5.92 Å². The summed E-state index contributed by atoms with van der Waals surface area (Å²) >= 11 is 0. The molecule has 0 aromatic heterocycles. The molecule has 2 atom stereocenters. The van der Waals surface area contributed by atoms with E-state index < -0.39 is 6.04 Å². The molecular weight excluding hydrogens is 234 g/mol. The molecule has 0 aliphatic carbocycles. The van der Waals surface area contributed by atoms with Gasteiger partial charge in [-0.25, -0.2) is 0 Å². The molecule has 1 aliphatic heterocycles. The van der Waals surface area contributed by atoms with Crippen LogP contribution in [-0.2, 0) is 14.3 Å². The van der Waals surface area contributed by atoms with Gasteiger partial charge in [0.05, 0.1) is 0 Å². The molecule has 1 aliphatic rings. The van der Waals surface area contributed by atoms with Crippen molar-refractivity contribution in [3.8, 4) is 0 Å². The van der Waals surface area contributed by atoms with E-state index in [4.69, 9.17) is 10.5 Å². The maximum absolute atomic E-state index is 12.3. The third-order valence-electron chi connectivity index (χ3n) is 3.06. The van der Waals surface area contributed by atoms with Gasteiger partial charge in [-0.2, -0.15) is 0 Å². The second-order valence-electron chi connectivity index (χ2n) is 5.06. The molecule has 3 N–H and O–H groups in total. The molecule has 18 heavy (non-hydrogen) atoms. The average Bonchev–Trinajstić information content (AvgIpc) is 2.72. The Morgan fingerprint density at radius 2 is 2.17 bits per heavy atom. The van der Waals surface area contributed by atoms with E-state index in [2.05, 4.69) is 5.32 Å². The first-order valence-electron chi connectivity index (χ1n) is 6.28. The van der Waals surface area contributed by atoms with Crippen molar-refractivity contribution in [2.75, 3.05) is 26.8 Å². The molecule has 2 amide bonds. The van der Waals surface area contributed by atoms with Crippen LogP contribution in [0.5, 0.6) is 0 Å². The Kier molecular flexibility index (Phi) is 5.55. The third kappa shape index (κ3) is 3.96. The highest BCUT2D eigenvalue weighted by atomic mass is 16.5. The second-order valence-corrected chi connectivity index (χ2v) is 5.06. The largest absolute Gasteiger partial charge is 0.375 e. The van der Waals surface area contributed by atoms with Crippen LogP contribution in [0.2, 0.25) is 0 Å². The highest BCUT2D eigenvalue weighted by molar-refractivity contribution is 5.88. The summed E-state index contributed by atoms with van der Waals surface area (Å²) in [4.78, 5) is 25.5. The SMILES string of the molecule is COCC(=O)N[C@H](C(=O)N1CC[C@@H](N)C1)C(C)C. The zero-order valence-corrected chi connectivity index (χ0v) is 11.3. The maximum atomic E-state index is 12.3. The van der Waals surface area contributed by atoms with Crippen molar-refractivity contribution < 1.29 is 14.3 Å². The van der Waals surface area contributed by atoms with Gasteiger partial charge in [0.15, 0.2) is 0 Å². The number of carbonyl (C=O) groups excluding carboxylic acids is 2. The minimum atomic E-state index is -0.502. The van der Waals surface area contributed by atoms with Gasteiger partial charge in [0.2, 0.25) is 11.8 Å². The van der Waals surface area contributed by atoms with Gasteiger partial charge in [-0.05, 0) is 12.3 Å². The van der Waals surface area contributed by atoms with Gasteiger partial charge in [0.25, 0.3) is 0 Å². The molecule has 0 aromatic rings. The molecule has 1 fully saturated rings. The molecular formula is C12H23N3O3. The minimum absolute atomic E-state index is 0.0317. The normalized spacial score (nSPS) is 21.2. The molecule has 0 bridgehead atoms. The van der Waals surface area contributed by atoms with Gasteiger partial charge in [-0.1, -0.05) is 13.8 Å². The lowest BCUT2D eigenvalue weighted by molar-refractivity contribution is -0.137. The molecule has 1 heterocycles. The molecule has 0 radical (unpaired) electrons. The standard InChI is InChI=1S/C12H23N3O3/c1-8(2)11(14-10(16)7-18-3)12(17)15-5-4-9(13)6-15/h8-9,11H,4-7,13H2,1-3H3,(H,14,16)/t9-,11+/m1/s1. The first kappa shape index (κ1) is 14.9. The number of carbonyl (C=O) groups is 2. The van der Waals surface area contributed by atoms with E-state index in [1.54, 1.807) is 4.90 Å². The number of nitrogens with two attached hydrogens (primary N) is 1. The Balaban J connectivity index is 2.61. The quantitative estimate of drug-likeness (QED) is 0.684. The Labute approximate surface area is 108 Å². The van der Waals surface area contributed by atoms with Crippen molar-refractivity contribution in [1.82, 2.24) is 10.2 Å². The Bertz CT molecular complexity index is 307. The topological polar surface area (TPSA) is 84.7 Å². The van der Waals surface area contributed by atoms with Gasteiger partial charge >= 0.3 is 0 Å². The minimum Gasteiger partial charge on any atom is -0.375 e. The van der Waals surface area contributed by atoms with Gasteiger partial charge in [0.1, 0.15) is 12.6 Å². The predicted molar refractivity (Wildman–Crippen MR) is 67.8 cm³/mol. The van der Waals surface area contributed by atoms with Gasteiger partial charge < -0.3 is 20.7 Å². The summed E-state index contributed by atoms with van der Waals surface area (Å²) in [5, 5.41) is 2.71. The third-order valence-corrected chi connectivity index (χ3v) is 3.06. The lowest BCUT2D eigenvalue weighted by atomic mass is 10.0. The predicted octanol–water partition coefficient (Wildman–Crippen LogP) is -0.667. The summed E-state index contributed by atoms with van der Waals surface area (Å²) in [6.45, 7) is 5.03. The van der Waals surface area contributed by atoms with Crippen LogP contribution in [-0.4, -0.2) is 55.6 Å². The van der Waals surface area contributed by atoms with Crippen LogP contribution in [0.3, 0.4) is 0 Å². The summed E-state index contributed by atoms with van der Waals surface area (Å²) in [5.74, 6) is -0.287. The molecule has 104 valence electrons. The molecule has 6 heteroatoms. The number of ether oxygens (including phenoxy) is 1. The van der Waals surface area contributed by atoms with E-state index in [9.17, 15) is 9.59 Å². The lowest BCUT2D eigenvalue weighted by Crippen LogP contribution is -2.51. The zero-order chi connectivity index (χ0) is 13.7. The second kappa shape index (κ2) is 6.70. The van der Waals surface area contributed by atoms with Gasteiger partial charge in [-0.15, -0.1) is 0 Å². The van der Waals surface area contributed by atoms with Crippen molar-refractivity contribution in [3.05, 3.63) is 0 Å². The Hall–Kier alpha value is -1.14. The van der Waals surface area contributed by atoms with E-state index in [1.165, 1.54) is 7.11 Å². The van der Waals surface area contributed by atoms with Crippen LogP contribution >= 0.6 is 0 Å². The number of hydrogen-bond donors (Lipinski definition) is 2. The number of rotatable bonds is 5. The number of hydrogen-bond acceptors (Lipinski definition) is 4. The molecule has 0 spiro atoms. The van der Waals surface area contributed by atoms with Crippen LogP contribution in [0.4, 0.5) is 0 Å². The molecule has 1 saturated heterocycles. The number of likely N-dealkylation sites (tertiary alicyclic amines) is 1. The van der Waals surface area contributed by atoms with Crippen LogP contribution in [0.25, 0.3) is 0 Å². The molecule has 1 rings (SSSR count). The Morgan fingerprint density at radius 1 is 1.50 bits per heavy atom. The summed E-state index contributed by atoms with van der Waals surface area (Å²) in [7, 11) is 1.45. The number of nitrogens with zero attached hydrogens (tertiary/aromatic N) is 1. The number of nitrogens with one attached hydrogen (secondary N) is 1. The lowest BCUT2D eigenvalue weighted by Gasteiger charge is -2.26. The Morgan fingerprint density at radius 3 is 2.61 bits per heavy atom. The fourth-order valence-electron chi connectivity index (χ4n) is 2.04. The van der Waals surface area contributed by atoms with Crippen molar-refractivity contribution in [3.63, 3.8) is 0 Å². The molecule has 0 aromatic carbocycles. The summed E-state index contributed by atoms with van der Waals surface area (Å²) in [5.41, 5.74) is 5.79. The highest BCUT2D eigenvalue weighted by Crippen LogP contribution is 2.12. The highest BCUT2D eigenvalue weighted by Gasteiger charge is 2.31. The van der Waals surface area contributed by atoms with Crippen LogP contribution < -0.4 is 11.1 Å². The number of amides is 2. The van der Waals surface area contributed by atoms with E-state index >= 15 is 0 Å². The van der Waals surface area contributed by atoms with E-state index in [0.29, 0.717) is 13.1 Å². The van der Waals surface area contributed by atoms with E-state index in [-0.39, 0.29) is 30.4 Å². The summed E-state index contributed by atoms with van der Waals surface area (Å²) < 4.78 is 4.75. The summed E-state index contributed by atoms with van der Waals surface area (Å²) in [6, 6.07) is -0.450. The van der Waals surface area contributed by atoms with Crippen molar-refractivity contribution >= 4 is 11.8 Å². The van der Waals surface area contributed by atoms with Crippen LogP contribution in [0.1, 0.15) is 20.3 Å². The smallest absolute Gasteiger partial charge is 0.246 e. The summed E-state index contributed by atoms with van der Waals surface area (Å²) in [6.07, 6.45) is 0.822. The monoisotopic (exact) mass is 257 g/mol. The van der Waals surface area contributed by atoms with E-state index in [1.807, 2.05) is 13.8 Å². The molecule has 0 saturated carbocycles. The zero-order valence-electron chi connectivity index (χ0n) is 11.3. The van der Waals surface area contributed by atoms with E-state index in [0.717, 1.165) is 6.42 Å². The fraction of sp³-hybridized carbons (Fsp3) is 0.833. The average molecular weight is 257 g/mol. The molecule has 6 nitrogen and oxygen atoms in total. The fourth-order valence-corrected chi connectivity index (χ4v) is 2.04. The van der Waals surface area contributed by atoms with Crippen molar-refractivity contribution in [2.24, 2.45) is 11.7 Å². The van der Waals surface area contributed by atoms with Crippen molar-refractivity contribution in [2.45, 2.75) is 32.4 Å². The number of methoxy groups -OCH3 is 1. The van der Waals surface area contributed by atoms with Crippen molar-refractivity contribution in [1.29, 1.82) is 0 Å². The van der Waals surface area contributed by atoms with Crippen LogP contribution in [0.15, 0.2) is 0 Å². The van der Waals surface area contributed by atoms with Gasteiger partial charge in [0, 0.05) is 26.2 Å². The van der Waals surface area contributed by atoms with Gasteiger partial charge in [-0.3, -0.25) is 9.59 Å². The first-order valence-corrected chi connectivity index (χ1v) is 6.28. The first-order chi connectivity index (χ1) is 8.45. The molecule has 0 unspecified atom stereocenters.